The van der Waals surface area contributed by atoms with E-state index in [0.29, 0.717) is 5.92 Å². The average Bonchev–Trinajstić information content (AvgIpc) is 2.89. The SMILES string of the molecule is CC(C)c1ncc(CN2CCC3CCC(C2)N3)s1.Cl. The van der Waals surface area contributed by atoms with Crippen molar-refractivity contribution in [2.24, 2.45) is 0 Å². The Bertz CT molecular complexity index is 407. The van der Waals surface area contributed by atoms with Gasteiger partial charge in [-0.25, -0.2) is 4.98 Å². The van der Waals surface area contributed by atoms with Crippen LogP contribution in [0.4, 0.5) is 0 Å². The highest BCUT2D eigenvalue weighted by Crippen LogP contribution is 2.25. The van der Waals surface area contributed by atoms with Crippen molar-refractivity contribution >= 4 is 23.7 Å². The van der Waals surface area contributed by atoms with Gasteiger partial charge in [-0.15, -0.1) is 23.7 Å². The van der Waals surface area contributed by atoms with Crippen molar-refractivity contribution in [3.05, 3.63) is 16.1 Å². The number of aromatic nitrogens is 1. The number of nitrogens with one attached hydrogen (secondary N) is 1. The van der Waals surface area contributed by atoms with Gasteiger partial charge in [0.15, 0.2) is 0 Å². The minimum atomic E-state index is 0. The molecule has 3 rings (SSSR count). The fourth-order valence-corrected chi connectivity index (χ4v) is 4.00. The highest BCUT2D eigenvalue weighted by molar-refractivity contribution is 7.11. The first-order valence-electron chi connectivity index (χ1n) is 7.13. The molecule has 1 aromatic rings. The molecule has 19 heavy (non-hydrogen) atoms. The van der Waals surface area contributed by atoms with Gasteiger partial charge in [-0.1, -0.05) is 13.8 Å². The summed E-state index contributed by atoms with van der Waals surface area (Å²) in [6, 6.07) is 1.52. The molecular weight excluding hydrogens is 278 g/mol. The Balaban J connectivity index is 0.00000133. The Kier molecular flexibility index (Phi) is 5.23. The fraction of sp³-hybridized carbons (Fsp3) is 0.786. The lowest BCUT2D eigenvalue weighted by Crippen LogP contribution is -2.34. The summed E-state index contributed by atoms with van der Waals surface area (Å²) in [6.07, 6.45) is 6.14. The van der Waals surface area contributed by atoms with Crippen molar-refractivity contribution < 1.29 is 0 Å². The van der Waals surface area contributed by atoms with Crippen LogP contribution < -0.4 is 5.32 Å². The Morgan fingerprint density at radius 3 is 2.89 bits per heavy atom. The Hall–Kier alpha value is -0.160. The number of rotatable bonds is 3. The first-order valence-corrected chi connectivity index (χ1v) is 7.95. The maximum atomic E-state index is 4.53. The number of likely N-dealkylation sites (tertiary alicyclic amines) is 1. The zero-order valence-corrected chi connectivity index (χ0v) is 13.4. The van der Waals surface area contributed by atoms with Crippen LogP contribution in [0.3, 0.4) is 0 Å². The van der Waals surface area contributed by atoms with Crippen molar-refractivity contribution in [1.29, 1.82) is 0 Å². The quantitative estimate of drug-likeness (QED) is 0.930. The summed E-state index contributed by atoms with van der Waals surface area (Å²) in [5, 5.41) is 5.02. The van der Waals surface area contributed by atoms with E-state index in [4.69, 9.17) is 0 Å². The lowest BCUT2D eigenvalue weighted by Gasteiger charge is -2.22. The predicted molar refractivity (Wildman–Crippen MR) is 83.3 cm³/mol. The minimum absolute atomic E-state index is 0. The number of hydrogen-bond acceptors (Lipinski definition) is 4. The molecule has 2 fully saturated rings. The molecule has 108 valence electrons. The van der Waals surface area contributed by atoms with Crippen molar-refractivity contribution in [2.75, 3.05) is 13.1 Å². The third-order valence-electron chi connectivity index (χ3n) is 4.05. The van der Waals surface area contributed by atoms with Crippen LogP contribution >= 0.6 is 23.7 Å². The lowest BCUT2D eigenvalue weighted by atomic mass is 10.1. The summed E-state index contributed by atoms with van der Waals surface area (Å²) in [6.45, 7) is 7.98. The summed E-state index contributed by atoms with van der Waals surface area (Å²) in [5.41, 5.74) is 0. The number of fused-ring (bicyclic) bond motifs is 2. The first-order chi connectivity index (χ1) is 8.70. The average molecular weight is 302 g/mol. The molecule has 0 aromatic carbocycles. The van der Waals surface area contributed by atoms with E-state index in [1.807, 2.05) is 11.3 Å². The molecule has 5 heteroatoms. The molecule has 2 atom stereocenters. The largest absolute Gasteiger partial charge is 0.310 e. The first kappa shape index (κ1) is 15.2. The smallest absolute Gasteiger partial charge is 0.0953 e. The van der Waals surface area contributed by atoms with Crippen LogP contribution in [0.15, 0.2) is 6.20 Å². The predicted octanol–water partition coefficient (Wildman–Crippen LogP) is 3.01. The van der Waals surface area contributed by atoms with Crippen LogP contribution in [0.5, 0.6) is 0 Å². The van der Waals surface area contributed by atoms with Gasteiger partial charge >= 0.3 is 0 Å². The molecule has 3 nitrogen and oxygen atoms in total. The number of hydrogen-bond donors (Lipinski definition) is 1. The molecule has 2 bridgehead atoms. The Morgan fingerprint density at radius 1 is 1.37 bits per heavy atom. The summed E-state index contributed by atoms with van der Waals surface area (Å²) in [5.74, 6) is 0.561. The number of nitrogens with zero attached hydrogens (tertiary/aromatic N) is 2. The molecule has 0 spiro atoms. The van der Waals surface area contributed by atoms with Crippen molar-refractivity contribution in [1.82, 2.24) is 15.2 Å². The van der Waals surface area contributed by atoms with Gasteiger partial charge in [-0.3, -0.25) is 4.90 Å². The van der Waals surface area contributed by atoms with Crippen LogP contribution in [-0.2, 0) is 6.54 Å². The second-order valence-corrected chi connectivity index (χ2v) is 7.13. The van der Waals surface area contributed by atoms with Crippen LogP contribution in [0.25, 0.3) is 0 Å². The summed E-state index contributed by atoms with van der Waals surface area (Å²) >= 11 is 1.89. The third kappa shape index (κ3) is 3.69. The third-order valence-corrected chi connectivity index (χ3v) is 5.33. The van der Waals surface area contributed by atoms with Gasteiger partial charge in [0.05, 0.1) is 5.01 Å². The van der Waals surface area contributed by atoms with Gasteiger partial charge in [0.2, 0.25) is 0 Å². The Labute approximate surface area is 126 Å². The van der Waals surface area contributed by atoms with E-state index in [1.165, 1.54) is 42.2 Å². The van der Waals surface area contributed by atoms with E-state index >= 15 is 0 Å². The van der Waals surface area contributed by atoms with Crippen molar-refractivity contribution in [3.63, 3.8) is 0 Å². The van der Waals surface area contributed by atoms with Crippen LogP contribution in [0.2, 0.25) is 0 Å². The van der Waals surface area contributed by atoms with E-state index in [2.05, 4.69) is 35.2 Å². The van der Waals surface area contributed by atoms with Gasteiger partial charge in [0, 0.05) is 48.7 Å². The zero-order chi connectivity index (χ0) is 12.5. The van der Waals surface area contributed by atoms with E-state index in [0.717, 1.165) is 18.6 Å². The van der Waals surface area contributed by atoms with Gasteiger partial charge in [-0.05, 0) is 19.3 Å². The van der Waals surface area contributed by atoms with Gasteiger partial charge < -0.3 is 5.32 Å². The molecule has 2 unspecified atom stereocenters. The second kappa shape index (κ2) is 6.53. The molecule has 0 saturated carbocycles. The normalized spacial score (nSPS) is 27.3. The minimum Gasteiger partial charge on any atom is -0.310 e. The van der Waals surface area contributed by atoms with E-state index in [-0.39, 0.29) is 12.4 Å². The second-order valence-electron chi connectivity index (χ2n) is 5.98. The molecule has 2 aliphatic heterocycles. The summed E-state index contributed by atoms with van der Waals surface area (Å²) in [4.78, 5) is 8.56. The monoisotopic (exact) mass is 301 g/mol. The fourth-order valence-electron chi connectivity index (χ4n) is 3.04. The topological polar surface area (TPSA) is 28.2 Å². The Morgan fingerprint density at radius 2 is 2.16 bits per heavy atom. The molecule has 0 radical (unpaired) electrons. The van der Waals surface area contributed by atoms with Gasteiger partial charge in [0.25, 0.3) is 0 Å². The molecule has 1 N–H and O–H groups in total. The maximum Gasteiger partial charge on any atom is 0.0953 e. The zero-order valence-electron chi connectivity index (χ0n) is 11.8. The molecule has 0 aliphatic carbocycles. The van der Waals surface area contributed by atoms with Gasteiger partial charge in [-0.2, -0.15) is 0 Å². The molecule has 1 aromatic heterocycles. The summed E-state index contributed by atoms with van der Waals surface area (Å²) < 4.78 is 0. The van der Waals surface area contributed by atoms with Crippen molar-refractivity contribution in [2.45, 2.75) is 57.7 Å². The molecular formula is C14H24ClN3S. The lowest BCUT2D eigenvalue weighted by molar-refractivity contribution is 0.253. The van der Waals surface area contributed by atoms with E-state index in [9.17, 15) is 0 Å². The highest BCUT2D eigenvalue weighted by Gasteiger charge is 2.29. The summed E-state index contributed by atoms with van der Waals surface area (Å²) in [7, 11) is 0. The number of halogens is 1. The number of thiazole rings is 1. The molecule has 2 saturated heterocycles. The van der Waals surface area contributed by atoms with Crippen LogP contribution in [0.1, 0.15) is 48.9 Å². The maximum absolute atomic E-state index is 4.53. The standard InChI is InChI=1S/C14H23N3S.ClH/c1-10(2)14-15-7-13(18-14)9-17-6-5-11-3-4-12(8-17)16-11;/h7,10-12,16H,3-6,8-9H2,1-2H3;1H. The molecule has 3 heterocycles. The van der Waals surface area contributed by atoms with E-state index in [1.54, 1.807) is 0 Å². The van der Waals surface area contributed by atoms with Crippen LogP contribution in [0, 0.1) is 0 Å². The van der Waals surface area contributed by atoms with Gasteiger partial charge in [0.1, 0.15) is 0 Å². The highest BCUT2D eigenvalue weighted by atomic mass is 35.5. The molecule has 0 amide bonds. The molecule has 2 aliphatic rings. The van der Waals surface area contributed by atoms with Crippen LogP contribution in [-0.4, -0.2) is 35.1 Å². The van der Waals surface area contributed by atoms with E-state index < -0.39 is 0 Å². The van der Waals surface area contributed by atoms with Crippen molar-refractivity contribution in [3.8, 4) is 0 Å².